The van der Waals surface area contributed by atoms with Crippen molar-refractivity contribution in [1.29, 1.82) is 0 Å². The number of imidazole rings is 1. The number of aromatic nitrogens is 3. The zero-order chi connectivity index (χ0) is 7.68. The maximum atomic E-state index is 4.36. The normalized spacial score (nSPS) is 11.0. The monoisotopic (exact) mass is 260 g/mol. The summed E-state index contributed by atoms with van der Waals surface area (Å²) >= 11 is 0.0940. The molecular formula is C7H7IN3-. The molecule has 2 aromatic heterocycles. The summed E-state index contributed by atoms with van der Waals surface area (Å²) in [6.07, 6.45) is 3.64. The van der Waals surface area contributed by atoms with Gasteiger partial charge in [-0.05, 0) is 0 Å². The van der Waals surface area contributed by atoms with Gasteiger partial charge >= 0.3 is 74.6 Å². The Morgan fingerprint density at radius 3 is 3.18 bits per heavy atom. The third-order valence-corrected chi connectivity index (χ3v) is 3.10. The van der Waals surface area contributed by atoms with Crippen molar-refractivity contribution >= 4 is 5.65 Å². The summed E-state index contributed by atoms with van der Waals surface area (Å²) < 4.78 is 3.02. The second kappa shape index (κ2) is 2.77. The van der Waals surface area contributed by atoms with Crippen molar-refractivity contribution in [3.63, 3.8) is 0 Å². The second-order valence-corrected chi connectivity index (χ2v) is 4.26. The Kier molecular flexibility index (Phi) is 1.77. The number of alkyl halides is 1. The molecular weight excluding hydrogens is 253 g/mol. The van der Waals surface area contributed by atoms with Gasteiger partial charge in [-0.1, -0.05) is 0 Å². The molecule has 0 aliphatic heterocycles. The van der Waals surface area contributed by atoms with Crippen LogP contribution in [-0.2, 0) is 0 Å². The molecule has 0 fully saturated rings. The SMILES string of the molecule is C[I-]c1ccc2nccn2n1. The fraction of sp³-hybridized carbons (Fsp3) is 0.143. The molecule has 2 aromatic rings. The van der Waals surface area contributed by atoms with Crippen LogP contribution in [0.3, 0.4) is 0 Å². The van der Waals surface area contributed by atoms with Crippen LogP contribution in [0, 0.1) is 3.70 Å². The summed E-state index contributed by atoms with van der Waals surface area (Å²) in [4.78, 5) is 6.31. The van der Waals surface area contributed by atoms with Crippen LogP contribution in [-0.4, -0.2) is 19.5 Å². The molecule has 0 radical (unpaired) electrons. The van der Waals surface area contributed by atoms with Crippen LogP contribution in [0.25, 0.3) is 5.65 Å². The minimum absolute atomic E-state index is 0.0940. The predicted molar refractivity (Wildman–Crippen MR) is 37.6 cm³/mol. The first kappa shape index (κ1) is 7.02. The Balaban J connectivity index is 2.67. The molecule has 0 aromatic carbocycles. The number of nitrogens with zero attached hydrogens (tertiary/aromatic N) is 3. The molecule has 0 N–H and O–H groups in total. The molecule has 0 amide bonds. The topological polar surface area (TPSA) is 30.2 Å². The first-order valence-electron chi connectivity index (χ1n) is 3.20. The molecule has 2 heterocycles. The van der Waals surface area contributed by atoms with E-state index in [0.717, 1.165) is 5.65 Å². The fourth-order valence-electron chi connectivity index (χ4n) is 0.893. The number of hydrogen-bond donors (Lipinski definition) is 0. The molecule has 0 bridgehead atoms. The van der Waals surface area contributed by atoms with Gasteiger partial charge in [-0.2, -0.15) is 0 Å². The summed E-state index contributed by atoms with van der Waals surface area (Å²) in [6.45, 7) is 0. The first-order valence-corrected chi connectivity index (χ1v) is 6.43. The molecule has 0 saturated carbocycles. The van der Waals surface area contributed by atoms with Gasteiger partial charge in [0, 0.05) is 0 Å². The van der Waals surface area contributed by atoms with Crippen molar-refractivity contribution in [2.24, 2.45) is 0 Å². The van der Waals surface area contributed by atoms with Crippen LogP contribution in [0.1, 0.15) is 0 Å². The summed E-state index contributed by atoms with van der Waals surface area (Å²) in [5.41, 5.74) is 0.922. The third kappa shape index (κ3) is 1.22. The summed E-state index contributed by atoms with van der Waals surface area (Å²) in [6, 6.07) is 4.06. The molecule has 58 valence electrons. The minimum atomic E-state index is 0.0940. The standard InChI is InChI=1S/C7H7IN3/c1-8-6-2-3-7-9-4-5-11(7)10-6/h2-5H,1H3/q-1. The van der Waals surface area contributed by atoms with Gasteiger partial charge in [-0.3, -0.25) is 0 Å². The van der Waals surface area contributed by atoms with Crippen LogP contribution < -0.4 is 21.2 Å². The number of fused-ring (bicyclic) bond motifs is 1. The molecule has 4 heteroatoms. The van der Waals surface area contributed by atoms with Crippen molar-refractivity contribution < 1.29 is 21.2 Å². The molecule has 3 nitrogen and oxygen atoms in total. The molecule has 0 atom stereocenters. The summed E-state index contributed by atoms with van der Waals surface area (Å²) in [7, 11) is 0. The average molecular weight is 260 g/mol. The van der Waals surface area contributed by atoms with Gasteiger partial charge in [0.05, 0.1) is 0 Å². The van der Waals surface area contributed by atoms with Crippen LogP contribution in [0.4, 0.5) is 0 Å². The fourth-order valence-corrected chi connectivity index (χ4v) is 1.88. The van der Waals surface area contributed by atoms with E-state index in [0.29, 0.717) is 0 Å². The molecule has 11 heavy (non-hydrogen) atoms. The van der Waals surface area contributed by atoms with Gasteiger partial charge in [0.25, 0.3) is 0 Å². The van der Waals surface area contributed by atoms with Crippen LogP contribution in [0.5, 0.6) is 0 Å². The van der Waals surface area contributed by atoms with E-state index in [1.165, 1.54) is 3.70 Å². The van der Waals surface area contributed by atoms with E-state index in [1.54, 1.807) is 6.20 Å². The van der Waals surface area contributed by atoms with Gasteiger partial charge in [0.15, 0.2) is 0 Å². The van der Waals surface area contributed by atoms with E-state index < -0.39 is 0 Å². The van der Waals surface area contributed by atoms with Crippen molar-refractivity contribution in [1.82, 2.24) is 14.6 Å². The van der Waals surface area contributed by atoms with Crippen molar-refractivity contribution in [3.05, 3.63) is 28.2 Å². The van der Waals surface area contributed by atoms with E-state index in [9.17, 15) is 0 Å². The van der Waals surface area contributed by atoms with E-state index in [4.69, 9.17) is 0 Å². The Morgan fingerprint density at radius 1 is 1.45 bits per heavy atom. The van der Waals surface area contributed by atoms with Gasteiger partial charge in [0.2, 0.25) is 0 Å². The molecule has 0 aliphatic carbocycles. The number of halogens is 1. The summed E-state index contributed by atoms with van der Waals surface area (Å²) in [5.74, 6) is 0. The molecule has 0 saturated heterocycles. The molecule has 0 unspecified atom stereocenters. The van der Waals surface area contributed by atoms with Crippen LogP contribution >= 0.6 is 0 Å². The van der Waals surface area contributed by atoms with Gasteiger partial charge in [-0.15, -0.1) is 0 Å². The summed E-state index contributed by atoms with van der Waals surface area (Å²) in [5, 5.41) is 4.36. The Labute approximate surface area is 74.7 Å². The number of rotatable bonds is 1. The Bertz CT molecular complexity index is 368. The van der Waals surface area contributed by atoms with E-state index in [2.05, 4.69) is 21.1 Å². The Morgan fingerprint density at radius 2 is 2.36 bits per heavy atom. The van der Waals surface area contributed by atoms with Gasteiger partial charge in [0.1, 0.15) is 0 Å². The van der Waals surface area contributed by atoms with Crippen LogP contribution in [0.2, 0.25) is 0 Å². The average Bonchev–Trinajstić information content (AvgIpc) is 2.50. The first-order chi connectivity index (χ1) is 5.40. The quantitative estimate of drug-likeness (QED) is 0.423. The Hall–Kier alpha value is -0.650. The zero-order valence-electron chi connectivity index (χ0n) is 6.03. The van der Waals surface area contributed by atoms with Crippen molar-refractivity contribution in [2.45, 2.75) is 0 Å². The van der Waals surface area contributed by atoms with Gasteiger partial charge in [-0.25, -0.2) is 0 Å². The van der Waals surface area contributed by atoms with E-state index in [-0.39, 0.29) is 21.2 Å². The van der Waals surface area contributed by atoms with E-state index in [1.807, 2.05) is 16.8 Å². The van der Waals surface area contributed by atoms with Crippen LogP contribution in [0.15, 0.2) is 24.5 Å². The zero-order valence-corrected chi connectivity index (χ0v) is 8.19. The van der Waals surface area contributed by atoms with Crippen molar-refractivity contribution in [2.75, 3.05) is 4.93 Å². The van der Waals surface area contributed by atoms with Gasteiger partial charge < -0.3 is 0 Å². The molecule has 2 rings (SSSR count). The molecule has 0 aliphatic rings. The third-order valence-electron chi connectivity index (χ3n) is 1.42. The maximum absolute atomic E-state index is 4.36. The van der Waals surface area contributed by atoms with E-state index >= 15 is 0 Å². The molecule has 0 spiro atoms. The second-order valence-electron chi connectivity index (χ2n) is 2.08. The number of hydrogen-bond acceptors (Lipinski definition) is 2. The van der Waals surface area contributed by atoms with Crippen molar-refractivity contribution in [3.8, 4) is 0 Å². The predicted octanol–water partition coefficient (Wildman–Crippen LogP) is -2.38.